The molecule has 0 bridgehead atoms. The summed E-state index contributed by atoms with van der Waals surface area (Å²) in [6.07, 6.45) is 6.93. The summed E-state index contributed by atoms with van der Waals surface area (Å²) in [5.41, 5.74) is 2.75. The second-order valence-electron chi connectivity index (χ2n) is 6.11. The van der Waals surface area contributed by atoms with Crippen molar-refractivity contribution >= 4 is 21.6 Å². The Hall–Kier alpha value is -0.540. The fourth-order valence-corrected chi connectivity index (χ4v) is 3.94. The van der Waals surface area contributed by atoms with Crippen molar-refractivity contribution in [2.24, 2.45) is 0 Å². The van der Waals surface area contributed by atoms with Gasteiger partial charge in [0.15, 0.2) is 0 Å². The van der Waals surface area contributed by atoms with Gasteiger partial charge in [-0.3, -0.25) is 0 Å². The molecule has 0 spiro atoms. The maximum Gasteiger partial charge on any atom is 0.0366 e. The number of likely N-dealkylation sites (tertiary alicyclic amines) is 1. The number of rotatable bonds is 3. The maximum atomic E-state index is 3.51. The first-order valence-corrected chi connectivity index (χ1v) is 9.13. The van der Waals surface area contributed by atoms with Crippen LogP contribution in [-0.2, 0) is 5.33 Å². The Labute approximate surface area is 131 Å². The predicted molar refractivity (Wildman–Crippen MR) is 89.7 cm³/mol. The Kier molecular flexibility index (Phi) is 5.00. The minimum atomic E-state index is 0.841. The minimum absolute atomic E-state index is 0.841. The summed E-state index contributed by atoms with van der Waals surface area (Å²) in [5.74, 6) is 0. The van der Waals surface area contributed by atoms with E-state index in [4.69, 9.17) is 0 Å². The van der Waals surface area contributed by atoms with Crippen LogP contribution < -0.4 is 4.90 Å². The first kappa shape index (κ1) is 14.4. The zero-order valence-electron chi connectivity index (χ0n) is 12.2. The Morgan fingerprint density at radius 2 is 1.55 bits per heavy atom. The van der Waals surface area contributed by atoms with E-state index in [0.717, 1.165) is 11.4 Å². The molecule has 2 aliphatic heterocycles. The highest BCUT2D eigenvalue weighted by Gasteiger charge is 2.25. The van der Waals surface area contributed by atoms with Crippen molar-refractivity contribution < 1.29 is 0 Å². The molecular weight excluding hydrogens is 312 g/mol. The van der Waals surface area contributed by atoms with E-state index in [1.165, 1.54) is 69.5 Å². The standard InChI is InChI=1S/C17H25BrN2/c18-14-15-4-6-16(7-5-15)20-12-8-17(9-13-20)19-10-2-1-3-11-19/h4-7,17H,1-3,8-14H2. The van der Waals surface area contributed by atoms with Crippen LogP contribution in [0.4, 0.5) is 5.69 Å². The molecular formula is C17H25BrN2. The SMILES string of the molecule is BrCc1ccc(N2CCC(N3CCCCC3)CC2)cc1. The van der Waals surface area contributed by atoms with Gasteiger partial charge in [0.05, 0.1) is 0 Å². The molecule has 2 nitrogen and oxygen atoms in total. The zero-order valence-corrected chi connectivity index (χ0v) is 13.8. The van der Waals surface area contributed by atoms with Crippen molar-refractivity contribution in [2.75, 3.05) is 31.1 Å². The minimum Gasteiger partial charge on any atom is -0.371 e. The third-order valence-electron chi connectivity index (χ3n) is 4.83. The van der Waals surface area contributed by atoms with Crippen molar-refractivity contribution in [3.05, 3.63) is 29.8 Å². The summed E-state index contributed by atoms with van der Waals surface area (Å²) in [4.78, 5) is 5.30. The van der Waals surface area contributed by atoms with E-state index in [0.29, 0.717) is 0 Å². The van der Waals surface area contributed by atoms with Crippen LogP contribution in [0.15, 0.2) is 24.3 Å². The van der Waals surface area contributed by atoms with Crippen LogP contribution in [0.3, 0.4) is 0 Å². The van der Waals surface area contributed by atoms with Crippen molar-refractivity contribution in [2.45, 2.75) is 43.5 Å². The van der Waals surface area contributed by atoms with Gasteiger partial charge < -0.3 is 9.80 Å². The highest BCUT2D eigenvalue weighted by Crippen LogP contribution is 2.25. The summed E-state index contributed by atoms with van der Waals surface area (Å²) in [6, 6.07) is 9.87. The molecule has 1 aromatic carbocycles. The molecule has 2 heterocycles. The summed E-state index contributed by atoms with van der Waals surface area (Å²) in [6.45, 7) is 5.11. The van der Waals surface area contributed by atoms with Crippen molar-refractivity contribution in [1.82, 2.24) is 4.90 Å². The van der Waals surface area contributed by atoms with Gasteiger partial charge in [0, 0.05) is 30.1 Å². The van der Waals surface area contributed by atoms with Crippen LogP contribution in [0.25, 0.3) is 0 Å². The van der Waals surface area contributed by atoms with E-state index in [2.05, 4.69) is 50.0 Å². The van der Waals surface area contributed by atoms with Crippen molar-refractivity contribution in [3.8, 4) is 0 Å². The van der Waals surface area contributed by atoms with E-state index >= 15 is 0 Å². The molecule has 0 aromatic heterocycles. The van der Waals surface area contributed by atoms with Crippen molar-refractivity contribution in [3.63, 3.8) is 0 Å². The summed E-state index contributed by atoms with van der Waals surface area (Å²) < 4.78 is 0. The van der Waals surface area contributed by atoms with Crippen LogP contribution in [0.2, 0.25) is 0 Å². The highest BCUT2D eigenvalue weighted by atomic mass is 79.9. The van der Waals surface area contributed by atoms with Gasteiger partial charge in [0.2, 0.25) is 0 Å². The van der Waals surface area contributed by atoms with Crippen LogP contribution in [0.1, 0.15) is 37.7 Å². The van der Waals surface area contributed by atoms with Gasteiger partial charge in [-0.1, -0.05) is 34.5 Å². The third-order valence-corrected chi connectivity index (χ3v) is 5.47. The summed E-state index contributed by atoms with van der Waals surface area (Å²) >= 11 is 3.51. The first-order chi connectivity index (χ1) is 9.86. The fourth-order valence-electron chi connectivity index (χ4n) is 3.57. The summed E-state index contributed by atoms with van der Waals surface area (Å²) in [7, 11) is 0. The van der Waals surface area contributed by atoms with Crippen LogP contribution in [-0.4, -0.2) is 37.1 Å². The number of anilines is 1. The average molecular weight is 337 g/mol. The number of nitrogens with zero attached hydrogens (tertiary/aromatic N) is 2. The van der Waals surface area contributed by atoms with E-state index in [9.17, 15) is 0 Å². The molecule has 1 aromatic rings. The molecule has 2 fully saturated rings. The molecule has 0 saturated carbocycles. The monoisotopic (exact) mass is 336 g/mol. The third kappa shape index (κ3) is 3.37. The molecule has 3 rings (SSSR count). The molecule has 2 aliphatic rings. The van der Waals surface area contributed by atoms with Crippen LogP contribution in [0.5, 0.6) is 0 Å². The summed E-state index contributed by atoms with van der Waals surface area (Å²) in [5, 5.41) is 0.949. The number of hydrogen-bond acceptors (Lipinski definition) is 2. The Morgan fingerprint density at radius 3 is 2.15 bits per heavy atom. The maximum absolute atomic E-state index is 3.51. The van der Waals surface area contributed by atoms with Gasteiger partial charge in [-0.25, -0.2) is 0 Å². The quantitative estimate of drug-likeness (QED) is 0.768. The lowest BCUT2D eigenvalue weighted by atomic mass is 9.99. The van der Waals surface area contributed by atoms with Gasteiger partial charge in [0.25, 0.3) is 0 Å². The van der Waals surface area contributed by atoms with Crippen LogP contribution in [0, 0.1) is 0 Å². The number of alkyl halides is 1. The molecule has 3 heteroatoms. The van der Waals surface area contributed by atoms with E-state index in [-0.39, 0.29) is 0 Å². The number of benzene rings is 1. The molecule has 0 N–H and O–H groups in total. The lowest BCUT2D eigenvalue weighted by Gasteiger charge is -2.41. The van der Waals surface area contributed by atoms with Gasteiger partial charge in [-0.05, 0) is 56.5 Å². The molecule has 0 radical (unpaired) electrons. The smallest absolute Gasteiger partial charge is 0.0366 e. The van der Waals surface area contributed by atoms with E-state index < -0.39 is 0 Å². The second kappa shape index (κ2) is 6.95. The topological polar surface area (TPSA) is 6.48 Å². The van der Waals surface area contributed by atoms with Gasteiger partial charge >= 0.3 is 0 Å². The zero-order chi connectivity index (χ0) is 13.8. The lowest BCUT2D eigenvalue weighted by molar-refractivity contribution is 0.141. The fraction of sp³-hybridized carbons (Fsp3) is 0.647. The molecule has 2 saturated heterocycles. The largest absolute Gasteiger partial charge is 0.371 e. The Bertz CT molecular complexity index is 404. The van der Waals surface area contributed by atoms with E-state index in [1.54, 1.807) is 0 Å². The normalized spacial score (nSPS) is 22.1. The Morgan fingerprint density at radius 1 is 0.900 bits per heavy atom. The molecule has 0 amide bonds. The van der Waals surface area contributed by atoms with E-state index in [1.807, 2.05) is 0 Å². The number of halogens is 1. The van der Waals surface area contributed by atoms with Crippen LogP contribution >= 0.6 is 15.9 Å². The number of hydrogen-bond donors (Lipinski definition) is 0. The lowest BCUT2D eigenvalue weighted by Crippen LogP contribution is -2.46. The molecule has 20 heavy (non-hydrogen) atoms. The highest BCUT2D eigenvalue weighted by molar-refractivity contribution is 9.08. The predicted octanol–water partition coefficient (Wildman–Crippen LogP) is 4.04. The molecule has 0 aliphatic carbocycles. The number of piperidine rings is 2. The first-order valence-electron chi connectivity index (χ1n) is 8.01. The van der Waals surface area contributed by atoms with Gasteiger partial charge in [-0.15, -0.1) is 0 Å². The average Bonchev–Trinajstić information content (AvgIpc) is 2.56. The molecule has 0 unspecified atom stereocenters. The molecule has 0 atom stereocenters. The molecule has 110 valence electrons. The van der Waals surface area contributed by atoms with Gasteiger partial charge in [0.1, 0.15) is 0 Å². The van der Waals surface area contributed by atoms with Gasteiger partial charge in [-0.2, -0.15) is 0 Å². The Balaban J connectivity index is 1.54. The second-order valence-corrected chi connectivity index (χ2v) is 6.68. The van der Waals surface area contributed by atoms with Crippen molar-refractivity contribution in [1.29, 1.82) is 0 Å².